The van der Waals surface area contributed by atoms with Crippen molar-refractivity contribution in [2.45, 2.75) is 69.8 Å². The van der Waals surface area contributed by atoms with Gasteiger partial charge in [0.05, 0.1) is 17.8 Å². The van der Waals surface area contributed by atoms with Crippen LogP contribution in [0.2, 0.25) is 0 Å². The lowest BCUT2D eigenvalue weighted by atomic mass is 9.79. The van der Waals surface area contributed by atoms with E-state index in [-0.39, 0.29) is 12.8 Å². The second-order valence-corrected chi connectivity index (χ2v) is 5.27. The molecule has 0 spiro atoms. The van der Waals surface area contributed by atoms with E-state index in [1.54, 1.807) is 0 Å². The molecule has 1 heterocycles. The molecule has 1 fully saturated rings. The molecule has 0 bridgehead atoms. The summed E-state index contributed by atoms with van der Waals surface area (Å²) < 4.78 is 41.7. The van der Waals surface area contributed by atoms with Crippen LogP contribution in [0.15, 0.2) is 0 Å². The van der Waals surface area contributed by atoms with E-state index < -0.39 is 23.8 Å². The molecule has 5 heteroatoms. The zero-order chi connectivity index (χ0) is 13.2. The Hall–Kier alpha value is -0.290. The monoisotopic (exact) mass is 254 g/mol. The second-order valence-electron chi connectivity index (χ2n) is 5.27. The highest BCUT2D eigenvalue weighted by atomic mass is 19.4. The summed E-state index contributed by atoms with van der Waals surface area (Å²) in [5.41, 5.74) is -1.39. The highest BCUT2D eigenvalue weighted by Gasteiger charge is 2.41. The van der Waals surface area contributed by atoms with E-state index in [1.807, 2.05) is 13.8 Å². The van der Waals surface area contributed by atoms with Gasteiger partial charge in [-0.05, 0) is 32.6 Å². The first kappa shape index (κ1) is 14.8. The Morgan fingerprint density at radius 1 is 1.35 bits per heavy atom. The van der Waals surface area contributed by atoms with Gasteiger partial charge in [-0.3, -0.25) is 0 Å². The first-order chi connectivity index (χ1) is 7.68. The van der Waals surface area contributed by atoms with Crippen LogP contribution in [-0.4, -0.2) is 29.1 Å². The van der Waals surface area contributed by atoms with E-state index in [2.05, 4.69) is 0 Å². The molecule has 1 saturated heterocycles. The van der Waals surface area contributed by atoms with Crippen molar-refractivity contribution in [3.8, 4) is 0 Å². The van der Waals surface area contributed by atoms with Crippen molar-refractivity contribution in [1.82, 2.24) is 0 Å². The minimum Gasteiger partial charge on any atom is -0.390 e. The summed E-state index contributed by atoms with van der Waals surface area (Å²) in [6.45, 7) is 4.29. The van der Waals surface area contributed by atoms with E-state index in [4.69, 9.17) is 4.74 Å². The van der Waals surface area contributed by atoms with Gasteiger partial charge in [0.25, 0.3) is 0 Å². The minimum absolute atomic E-state index is 0.0141. The largest absolute Gasteiger partial charge is 0.390 e. The molecule has 0 saturated carbocycles. The predicted molar refractivity (Wildman–Crippen MR) is 58.7 cm³/mol. The van der Waals surface area contributed by atoms with Crippen molar-refractivity contribution in [1.29, 1.82) is 0 Å². The molecule has 0 aromatic rings. The average molecular weight is 254 g/mol. The Morgan fingerprint density at radius 3 is 2.53 bits per heavy atom. The molecule has 17 heavy (non-hydrogen) atoms. The Morgan fingerprint density at radius 2 is 2.00 bits per heavy atom. The fourth-order valence-electron chi connectivity index (χ4n) is 2.38. The first-order valence-corrected chi connectivity index (χ1v) is 6.11. The summed E-state index contributed by atoms with van der Waals surface area (Å²) in [7, 11) is 0. The van der Waals surface area contributed by atoms with Crippen LogP contribution in [0.3, 0.4) is 0 Å². The van der Waals surface area contributed by atoms with Crippen LogP contribution in [-0.2, 0) is 4.74 Å². The van der Waals surface area contributed by atoms with Gasteiger partial charge in [-0.25, -0.2) is 0 Å². The fourth-order valence-corrected chi connectivity index (χ4v) is 2.38. The van der Waals surface area contributed by atoms with Gasteiger partial charge in [0, 0.05) is 12.8 Å². The molecular weight excluding hydrogens is 233 g/mol. The average Bonchev–Trinajstić information content (AvgIpc) is 2.15. The molecule has 1 N–H and O–H groups in total. The van der Waals surface area contributed by atoms with Gasteiger partial charge in [0.1, 0.15) is 0 Å². The maximum Gasteiger partial charge on any atom is 0.389 e. The highest BCUT2D eigenvalue weighted by Crippen LogP contribution is 2.38. The molecule has 1 rings (SSSR count). The maximum absolute atomic E-state index is 12.0. The Balaban J connectivity index is 2.45. The number of aliphatic hydroxyl groups is 1. The van der Waals surface area contributed by atoms with Crippen molar-refractivity contribution in [2.75, 3.05) is 6.61 Å². The summed E-state index contributed by atoms with van der Waals surface area (Å²) in [5.74, 6) is 0. The third-order valence-electron chi connectivity index (χ3n) is 3.57. The molecule has 1 aliphatic rings. The van der Waals surface area contributed by atoms with Crippen LogP contribution >= 0.6 is 0 Å². The molecule has 0 aromatic carbocycles. The zero-order valence-corrected chi connectivity index (χ0v) is 10.4. The normalized spacial score (nSPS) is 34.9. The van der Waals surface area contributed by atoms with E-state index in [9.17, 15) is 18.3 Å². The first-order valence-electron chi connectivity index (χ1n) is 6.11. The number of hydrogen-bond acceptors (Lipinski definition) is 2. The van der Waals surface area contributed by atoms with Crippen LogP contribution in [0.5, 0.6) is 0 Å². The molecule has 0 amide bonds. The lowest BCUT2D eigenvalue weighted by Gasteiger charge is -2.43. The van der Waals surface area contributed by atoms with Gasteiger partial charge in [-0.2, -0.15) is 13.2 Å². The third kappa shape index (κ3) is 4.84. The SMILES string of the molecule is CCC1(C)CC(O)(CCCC(F)(F)F)CCO1. The van der Waals surface area contributed by atoms with E-state index in [1.165, 1.54) is 0 Å². The number of rotatable bonds is 4. The van der Waals surface area contributed by atoms with Gasteiger partial charge in [-0.15, -0.1) is 0 Å². The van der Waals surface area contributed by atoms with E-state index >= 15 is 0 Å². The molecule has 0 aliphatic carbocycles. The van der Waals surface area contributed by atoms with Crippen molar-refractivity contribution in [3.05, 3.63) is 0 Å². The number of hydrogen-bond donors (Lipinski definition) is 1. The van der Waals surface area contributed by atoms with Crippen molar-refractivity contribution in [3.63, 3.8) is 0 Å². The summed E-state index contributed by atoms with van der Waals surface area (Å²) in [5, 5.41) is 10.3. The summed E-state index contributed by atoms with van der Waals surface area (Å²) >= 11 is 0. The molecule has 1 aliphatic heterocycles. The molecule has 0 aromatic heterocycles. The smallest absolute Gasteiger partial charge is 0.389 e. The number of halogens is 3. The zero-order valence-electron chi connectivity index (χ0n) is 10.4. The molecule has 2 unspecified atom stereocenters. The van der Waals surface area contributed by atoms with E-state index in [0.29, 0.717) is 19.4 Å². The fraction of sp³-hybridized carbons (Fsp3) is 1.00. The lowest BCUT2D eigenvalue weighted by molar-refractivity contribution is -0.163. The predicted octanol–water partition coefficient (Wildman–Crippen LogP) is 3.43. The maximum atomic E-state index is 12.0. The summed E-state index contributed by atoms with van der Waals surface area (Å²) in [6.07, 6.45) is -3.15. The van der Waals surface area contributed by atoms with Crippen molar-refractivity contribution >= 4 is 0 Å². The third-order valence-corrected chi connectivity index (χ3v) is 3.57. The van der Waals surface area contributed by atoms with Crippen LogP contribution in [0.4, 0.5) is 13.2 Å². The van der Waals surface area contributed by atoms with E-state index in [0.717, 1.165) is 6.42 Å². The molecule has 2 nitrogen and oxygen atoms in total. The quantitative estimate of drug-likeness (QED) is 0.832. The summed E-state index contributed by atoms with van der Waals surface area (Å²) in [6, 6.07) is 0. The van der Waals surface area contributed by atoms with Crippen LogP contribution in [0.25, 0.3) is 0 Å². The van der Waals surface area contributed by atoms with Gasteiger partial charge in [0.2, 0.25) is 0 Å². The van der Waals surface area contributed by atoms with Crippen LogP contribution in [0, 0.1) is 0 Å². The molecule has 2 atom stereocenters. The Bertz CT molecular complexity index is 255. The Kier molecular flexibility index (Phi) is 4.47. The standard InChI is InChI=1S/C12H21F3O2/c1-3-10(2)9-11(16,7-8-17-10)5-4-6-12(13,14)15/h16H,3-9H2,1-2H3. The summed E-state index contributed by atoms with van der Waals surface area (Å²) in [4.78, 5) is 0. The van der Waals surface area contributed by atoms with Crippen molar-refractivity contribution < 1.29 is 23.0 Å². The van der Waals surface area contributed by atoms with Crippen LogP contribution < -0.4 is 0 Å². The molecule has 102 valence electrons. The second kappa shape index (κ2) is 5.14. The lowest BCUT2D eigenvalue weighted by Crippen LogP contribution is -2.47. The van der Waals surface area contributed by atoms with Gasteiger partial charge in [0.15, 0.2) is 0 Å². The highest BCUT2D eigenvalue weighted by molar-refractivity contribution is 4.92. The van der Waals surface area contributed by atoms with Gasteiger partial charge < -0.3 is 9.84 Å². The molecular formula is C12H21F3O2. The van der Waals surface area contributed by atoms with Gasteiger partial charge in [-0.1, -0.05) is 6.92 Å². The Labute approximate surface area is 100 Å². The van der Waals surface area contributed by atoms with Crippen LogP contribution in [0.1, 0.15) is 52.4 Å². The van der Waals surface area contributed by atoms with Gasteiger partial charge >= 0.3 is 6.18 Å². The molecule has 0 radical (unpaired) electrons. The number of ether oxygens (including phenoxy) is 1. The van der Waals surface area contributed by atoms with Crippen molar-refractivity contribution in [2.24, 2.45) is 0 Å². The minimum atomic E-state index is -4.13. The topological polar surface area (TPSA) is 29.5 Å². The number of alkyl halides is 3.